The maximum atomic E-state index is 13.2. The van der Waals surface area contributed by atoms with Crippen LogP contribution >= 0.6 is 11.6 Å². The molecule has 0 radical (unpaired) electrons. The lowest BCUT2D eigenvalue weighted by atomic mass is 9.94. The molecule has 0 aromatic heterocycles. The quantitative estimate of drug-likeness (QED) is 0.683. The van der Waals surface area contributed by atoms with E-state index in [0.29, 0.717) is 61.5 Å². The third-order valence-corrected chi connectivity index (χ3v) is 7.00. The smallest absolute Gasteiger partial charge is 0.321 e. The second-order valence-electron chi connectivity index (χ2n) is 9.04. The van der Waals surface area contributed by atoms with Gasteiger partial charge in [0.05, 0.1) is 6.04 Å². The highest BCUT2D eigenvalue weighted by atomic mass is 35.5. The molecule has 2 aliphatic rings. The van der Waals surface area contributed by atoms with Crippen molar-refractivity contribution in [3.05, 3.63) is 63.7 Å². The van der Waals surface area contributed by atoms with Crippen molar-refractivity contribution in [1.29, 1.82) is 0 Å². The lowest BCUT2D eigenvalue weighted by molar-refractivity contribution is -0.126. The zero-order chi connectivity index (χ0) is 24.4. The highest BCUT2D eigenvalue weighted by Crippen LogP contribution is 2.31. The molecule has 1 atom stereocenters. The molecule has 1 aliphatic heterocycles. The van der Waals surface area contributed by atoms with Crippen LogP contribution in [0.4, 0.5) is 10.5 Å². The molecule has 2 aromatic rings. The van der Waals surface area contributed by atoms with Crippen molar-refractivity contribution in [3.8, 4) is 0 Å². The van der Waals surface area contributed by atoms with Crippen LogP contribution in [0.2, 0.25) is 5.02 Å². The van der Waals surface area contributed by atoms with Gasteiger partial charge in [-0.25, -0.2) is 4.79 Å². The molecule has 34 heavy (non-hydrogen) atoms. The van der Waals surface area contributed by atoms with Crippen LogP contribution in [0, 0.1) is 6.92 Å². The van der Waals surface area contributed by atoms with Crippen LogP contribution in [0.3, 0.4) is 0 Å². The molecule has 1 unspecified atom stereocenters. The average molecular weight is 482 g/mol. The summed E-state index contributed by atoms with van der Waals surface area (Å²) < 4.78 is 0. The van der Waals surface area contributed by atoms with E-state index in [4.69, 9.17) is 11.6 Å². The molecule has 4 rings (SSSR count). The summed E-state index contributed by atoms with van der Waals surface area (Å²) in [5.41, 5.74) is 3.76. The largest absolute Gasteiger partial charge is 0.324 e. The van der Waals surface area contributed by atoms with Gasteiger partial charge < -0.3 is 15.1 Å². The molecular weight excluding hydrogens is 454 g/mol. The number of hydrogen-bond donors (Lipinski definition) is 1. The monoisotopic (exact) mass is 481 g/mol. The number of benzene rings is 2. The Labute approximate surface area is 204 Å². The van der Waals surface area contributed by atoms with Gasteiger partial charge in [-0.15, -0.1) is 0 Å². The van der Waals surface area contributed by atoms with E-state index in [9.17, 15) is 19.2 Å². The van der Waals surface area contributed by atoms with Gasteiger partial charge in [0.2, 0.25) is 0 Å². The van der Waals surface area contributed by atoms with E-state index in [1.165, 1.54) is 4.90 Å². The van der Waals surface area contributed by atoms with Crippen LogP contribution < -0.4 is 5.32 Å². The fraction of sp³-hybridized carbons (Fsp3) is 0.385. The number of rotatable bonds is 4. The number of aryl methyl sites for hydroxylation is 1. The van der Waals surface area contributed by atoms with E-state index in [0.717, 1.165) is 16.7 Å². The molecule has 7 nitrogen and oxygen atoms in total. The zero-order valence-electron chi connectivity index (χ0n) is 19.4. The first-order valence-electron chi connectivity index (χ1n) is 11.5. The molecule has 0 saturated heterocycles. The minimum absolute atomic E-state index is 0.0171. The molecule has 178 valence electrons. The van der Waals surface area contributed by atoms with Gasteiger partial charge in [-0.2, -0.15) is 0 Å². The lowest BCUT2D eigenvalue weighted by Gasteiger charge is -2.28. The predicted molar refractivity (Wildman–Crippen MR) is 130 cm³/mol. The fourth-order valence-electron chi connectivity index (χ4n) is 4.58. The number of fused-ring (bicyclic) bond motifs is 1. The molecule has 3 amide bonds. The number of urea groups is 1. The minimum atomic E-state index is -0.579. The normalized spacial score (nSPS) is 18.4. The Hall–Kier alpha value is -3.19. The van der Waals surface area contributed by atoms with Crippen molar-refractivity contribution in [2.45, 2.75) is 58.2 Å². The number of hydrogen-bond acceptors (Lipinski definition) is 4. The minimum Gasteiger partial charge on any atom is -0.324 e. The van der Waals surface area contributed by atoms with Crippen molar-refractivity contribution in [1.82, 2.24) is 9.80 Å². The van der Waals surface area contributed by atoms with Gasteiger partial charge in [0, 0.05) is 55.7 Å². The van der Waals surface area contributed by atoms with Crippen molar-refractivity contribution in [3.63, 3.8) is 0 Å². The molecule has 2 aromatic carbocycles. The first-order valence-corrected chi connectivity index (χ1v) is 11.9. The number of anilines is 1. The van der Waals surface area contributed by atoms with Gasteiger partial charge >= 0.3 is 6.03 Å². The van der Waals surface area contributed by atoms with Gasteiger partial charge in [0.15, 0.2) is 5.78 Å². The van der Waals surface area contributed by atoms with E-state index in [1.807, 2.05) is 19.1 Å². The first-order chi connectivity index (χ1) is 16.2. The number of amides is 3. The molecule has 1 N–H and O–H groups in total. The van der Waals surface area contributed by atoms with Gasteiger partial charge in [0.25, 0.3) is 5.91 Å². The van der Waals surface area contributed by atoms with Crippen LogP contribution in [0.1, 0.15) is 59.2 Å². The first kappa shape index (κ1) is 24.0. The molecule has 8 heteroatoms. The number of nitrogens with zero attached hydrogens (tertiary/aromatic N) is 2. The van der Waals surface area contributed by atoms with E-state index in [2.05, 4.69) is 5.32 Å². The summed E-state index contributed by atoms with van der Waals surface area (Å²) in [4.78, 5) is 53.8. The Bertz CT molecular complexity index is 1160. The average Bonchev–Trinajstić information content (AvgIpc) is 3.12. The van der Waals surface area contributed by atoms with Crippen LogP contribution in [0.25, 0.3) is 0 Å². The van der Waals surface area contributed by atoms with Crippen LogP contribution in [-0.4, -0.2) is 46.4 Å². The Morgan fingerprint density at radius 2 is 1.94 bits per heavy atom. The number of Topliss-reactive ketones (excluding diaryl/α,β-unsaturated/α-hetero) is 2. The van der Waals surface area contributed by atoms with Crippen molar-refractivity contribution in [2.24, 2.45) is 0 Å². The molecule has 1 heterocycles. The van der Waals surface area contributed by atoms with E-state index in [-0.39, 0.29) is 23.5 Å². The summed E-state index contributed by atoms with van der Waals surface area (Å²) in [5, 5.41) is 3.41. The van der Waals surface area contributed by atoms with Crippen LogP contribution in [0.5, 0.6) is 0 Å². The van der Waals surface area contributed by atoms with E-state index in [1.54, 1.807) is 36.2 Å². The van der Waals surface area contributed by atoms with Gasteiger partial charge in [-0.3, -0.25) is 14.4 Å². The standard InChI is InChI=1S/C26H28ClN3O4/c1-16-9-10-18(13-22(16)27)28-26(34)29(2)14-17-5-3-7-20-21(17)15-30(25(20)33)23-12-11-19(31)6-4-8-24(23)32/h3,5,7,9-10,13,23H,4,6,8,11-12,14-15H2,1-2H3,(H,28,34). The number of nitrogens with one attached hydrogen (secondary N) is 1. The Morgan fingerprint density at radius 1 is 1.15 bits per heavy atom. The summed E-state index contributed by atoms with van der Waals surface area (Å²) in [6.45, 7) is 2.49. The Balaban J connectivity index is 1.49. The van der Waals surface area contributed by atoms with E-state index >= 15 is 0 Å². The maximum Gasteiger partial charge on any atom is 0.321 e. The summed E-state index contributed by atoms with van der Waals surface area (Å²) in [6.07, 6.45) is 1.97. The zero-order valence-corrected chi connectivity index (χ0v) is 20.2. The number of carbonyl (C=O) groups is 4. The van der Waals surface area contributed by atoms with Gasteiger partial charge in [-0.1, -0.05) is 29.8 Å². The SMILES string of the molecule is Cc1ccc(NC(=O)N(C)Cc2cccc3c2CN(C2CCC(=O)CCCC2=O)C3=O)cc1Cl. The highest BCUT2D eigenvalue weighted by Gasteiger charge is 2.37. The molecule has 1 fully saturated rings. The van der Waals surface area contributed by atoms with Gasteiger partial charge in [0.1, 0.15) is 5.78 Å². The number of ketones is 2. The van der Waals surface area contributed by atoms with Crippen molar-refractivity contribution >= 4 is 40.8 Å². The topological polar surface area (TPSA) is 86.8 Å². The predicted octanol–water partition coefficient (Wildman–Crippen LogP) is 4.74. The van der Waals surface area contributed by atoms with Crippen LogP contribution in [0.15, 0.2) is 36.4 Å². The number of halogens is 1. The summed E-state index contributed by atoms with van der Waals surface area (Å²) >= 11 is 6.16. The second-order valence-corrected chi connectivity index (χ2v) is 9.45. The third-order valence-electron chi connectivity index (χ3n) is 6.59. The Kier molecular flexibility index (Phi) is 7.03. The van der Waals surface area contributed by atoms with Gasteiger partial charge in [-0.05, 0) is 54.7 Å². The molecule has 1 aliphatic carbocycles. The van der Waals surface area contributed by atoms with Crippen molar-refractivity contribution < 1.29 is 19.2 Å². The third kappa shape index (κ3) is 4.99. The van der Waals surface area contributed by atoms with E-state index < -0.39 is 6.04 Å². The number of carbonyl (C=O) groups excluding carboxylic acids is 4. The summed E-state index contributed by atoms with van der Waals surface area (Å²) in [6, 6.07) is 9.91. The molecular formula is C26H28ClN3O4. The highest BCUT2D eigenvalue weighted by molar-refractivity contribution is 6.31. The molecule has 0 spiro atoms. The fourth-order valence-corrected chi connectivity index (χ4v) is 4.76. The molecule has 0 bridgehead atoms. The molecule has 1 saturated carbocycles. The Morgan fingerprint density at radius 3 is 2.71 bits per heavy atom. The summed E-state index contributed by atoms with van der Waals surface area (Å²) in [7, 11) is 1.68. The maximum absolute atomic E-state index is 13.2. The van der Waals surface area contributed by atoms with Crippen LogP contribution in [-0.2, 0) is 22.7 Å². The second kappa shape index (κ2) is 9.97. The summed E-state index contributed by atoms with van der Waals surface area (Å²) in [5.74, 6) is -0.0297. The lowest BCUT2D eigenvalue weighted by Crippen LogP contribution is -2.42. The van der Waals surface area contributed by atoms with Crippen molar-refractivity contribution in [2.75, 3.05) is 12.4 Å².